The SMILES string of the molecule is CCC(N)CC(=O)Nc1cccc(NS(C)(=O)=O)c1. The van der Waals surface area contributed by atoms with Crippen molar-refractivity contribution in [3.05, 3.63) is 24.3 Å². The second kappa shape index (κ2) is 6.53. The van der Waals surface area contributed by atoms with E-state index in [1.165, 1.54) is 0 Å². The molecule has 6 nitrogen and oxygen atoms in total. The minimum atomic E-state index is -3.33. The average molecular weight is 285 g/mol. The van der Waals surface area contributed by atoms with Crippen molar-refractivity contribution in [1.82, 2.24) is 0 Å². The van der Waals surface area contributed by atoms with Gasteiger partial charge in [-0.1, -0.05) is 13.0 Å². The monoisotopic (exact) mass is 285 g/mol. The molecule has 1 aromatic rings. The van der Waals surface area contributed by atoms with Gasteiger partial charge in [-0.2, -0.15) is 0 Å². The van der Waals surface area contributed by atoms with E-state index in [2.05, 4.69) is 10.0 Å². The van der Waals surface area contributed by atoms with E-state index in [0.717, 1.165) is 12.7 Å². The maximum Gasteiger partial charge on any atom is 0.229 e. The number of nitrogens with two attached hydrogens (primary N) is 1. The van der Waals surface area contributed by atoms with Crippen molar-refractivity contribution in [2.24, 2.45) is 5.73 Å². The first-order valence-corrected chi connectivity index (χ1v) is 7.82. The summed E-state index contributed by atoms with van der Waals surface area (Å²) in [5.74, 6) is -0.189. The fourth-order valence-corrected chi connectivity index (χ4v) is 2.02. The zero-order valence-corrected chi connectivity index (χ0v) is 11.8. The van der Waals surface area contributed by atoms with Gasteiger partial charge in [0.1, 0.15) is 0 Å². The number of hydrogen-bond acceptors (Lipinski definition) is 4. The molecular weight excluding hydrogens is 266 g/mol. The summed E-state index contributed by atoms with van der Waals surface area (Å²) < 4.78 is 24.5. The first-order chi connectivity index (χ1) is 8.80. The van der Waals surface area contributed by atoms with Crippen LogP contribution in [0.2, 0.25) is 0 Å². The molecule has 0 aliphatic rings. The summed E-state index contributed by atoms with van der Waals surface area (Å²) >= 11 is 0. The van der Waals surface area contributed by atoms with E-state index < -0.39 is 10.0 Å². The van der Waals surface area contributed by atoms with E-state index in [-0.39, 0.29) is 18.4 Å². The lowest BCUT2D eigenvalue weighted by Crippen LogP contribution is -2.26. The number of sulfonamides is 1. The first-order valence-electron chi connectivity index (χ1n) is 5.93. The summed E-state index contributed by atoms with van der Waals surface area (Å²) in [4.78, 5) is 11.6. The van der Waals surface area contributed by atoms with Crippen LogP contribution in [0.1, 0.15) is 19.8 Å². The number of amides is 1. The topological polar surface area (TPSA) is 101 Å². The Morgan fingerprint density at radius 3 is 2.58 bits per heavy atom. The van der Waals surface area contributed by atoms with E-state index in [1.807, 2.05) is 6.92 Å². The van der Waals surface area contributed by atoms with Crippen LogP contribution in [0.25, 0.3) is 0 Å². The second-order valence-electron chi connectivity index (χ2n) is 4.38. The predicted octanol–water partition coefficient (Wildman–Crippen LogP) is 1.12. The van der Waals surface area contributed by atoms with Crippen molar-refractivity contribution >= 4 is 27.3 Å². The zero-order valence-electron chi connectivity index (χ0n) is 11.0. The van der Waals surface area contributed by atoms with Crippen LogP contribution in [0.4, 0.5) is 11.4 Å². The Balaban J connectivity index is 2.69. The van der Waals surface area contributed by atoms with Crippen LogP contribution in [0, 0.1) is 0 Å². The molecule has 0 heterocycles. The lowest BCUT2D eigenvalue weighted by atomic mass is 10.1. The number of rotatable bonds is 6. The van der Waals surface area contributed by atoms with E-state index in [1.54, 1.807) is 24.3 Å². The largest absolute Gasteiger partial charge is 0.327 e. The molecule has 7 heteroatoms. The Labute approximate surface area is 113 Å². The molecule has 19 heavy (non-hydrogen) atoms. The number of hydrogen-bond donors (Lipinski definition) is 3. The highest BCUT2D eigenvalue weighted by atomic mass is 32.2. The van der Waals surface area contributed by atoms with Crippen molar-refractivity contribution in [3.63, 3.8) is 0 Å². The fourth-order valence-electron chi connectivity index (χ4n) is 1.47. The minimum absolute atomic E-state index is 0.169. The molecule has 1 amide bonds. The number of carbonyl (C=O) groups is 1. The molecule has 0 aromatic heterocycles. The van der Waals surface area contributed by atoms with Crippen molar-refractivity contribution in [2.45, 2.75) is 25.8 Å². The third kappa shape index (κ3) is 6.21. The summed E-state index contributed by atoms with van der Waals surface area (Å²) in [6.07, 6.45) is 2.03. The third-order valence-corrected chi connectivity index (χ3v) is 3.03. The number of anilines is 2. The van der Waals surface area contributed by atoms with Gasteiger partial charge in [0.2, 0.25) is 15.9 Å². The van der Waals surface area contributed by atoms with Crippen LogP contribution < -0.4 is 15.8 Å². The van der Waals surface area contributed by atoms with Gasteiger partial charge in [0, 0.05) is 18.2 Å². The molecule has 0 aliphatic heterocycles. The van der Waals surface area contributed by atoms with Gasteiger partial charge in [-0.3, -0.25) is 9.52 Å². The molecular formula is C12H19N3O3S. The Kier molecular flexibility index (Phi) is 5.31. The van der Waals surface area contributed by atoms with Gasteiger partial charge < -0.3 is 11.1 Å². The molecule has 1 aromatic carbocycles. The molecule has 1 rings (SSSR count). The number of carbonyl (C=O) groups excluding carboxylic acids is 1. The van der Waals surface area contributed by atoms with Gasteiger partial charge in [0.15, 0.2) is 0 Å². The van der Waals surface area contributed by atoms with Gasteiger partial charge in [0.05, 0.1) is 11.9 Å². The standard InChI is InChI=1S/C12H19N3O3S/c1-3-9(13)7-12(16)14-10-5-4-6-11(8-10)15-19(2,17)18/h4-6,8-9,15H,3,7,13H2,1-2H3,(H,14,16). The molecule has 4 N–H and O–H groups in total. The average Bonchev–Trinajstić information content (AvgIpc) is 2.26. The zero-order chi connectivity index (χ0) is 14.5. The van der Waals surface area contributed by atoms with Crippen molar-refractivity contribution < 1.29 is 13.2 Å². The molecule has 106 valence electrons. The van der Waals surface area contributed by atoms with Gasteiger partial charge >= 0.3 is 0 Å². The Hall–Kier alpha value is -1.60. The van der Waals surface area contributed by atoms with E-state index >= 15 is 0 Å². The Morgan fingerprint density at radius 1 is 1.37 bits per heavy atom. The molecule has 0 saturated carbocycles. The highest BCUT2D eigenvalue weighted by Gasteiger charge is 2.08. The van der Waals surface area contributed by atoms with Gasteiger partial charge in [-0.25, -0.2) is 8.42 Å². The van der Waals surface area contributed by atoms with Crippen molar-refractivity contribution in [3.8, 4) is 0 Å². The maximum absolute atomic E-state index is 11.6. The molecule has 0 radical (unpaired) electrons. The van der Waals surface area contributed by atoms with Gasteiger partial charge in [-0.15, -0.1) is 0 Å². The van der Waals surface area contributed by atoms with Gasteiger partial charge in [-0.05, 0) is 24.6 Å². The summed E-state index contributed by atoms with van der Waals surface area (Å²) in [5.41, 5.74) is 6.62. The lowest BCUT2D eigenvalue weighted by molar-refractivity contribution is -0.116. The first kappa shape index (κ1) is 15.5. The highest BCUT2D eigenvalue weighted by Crippen LogP contribution is 2.16. The molecule has 0 saturated heterocycles. The normalized spacial score (nSPS) is 12.8. The van der Waals surface area contributed by atoms with Crippen molar-refractivity contribution in [2.75, 3.05) is 16.3 Å². The predicted molar refractivity (Wildman–Crippen MR) is 76.4 cm³/mol. The van der Waals surface area contributed by atoms with Crippen molar-refractivity contribution in [1.29, 1.82) is 0 Å². The molecule has 1 atom stereocenters. The van der Waals surface area contributed by atoms with Crippen LogP contribution >= 0.6 is 0 Å². The number of benzene rings is 1. The number of nitrogens with one attached hydrogen (secondary N) is 2. The highest BCUT2D eigenvalue weighted by molar-refractivity contribution is 7.92. The van der Waals surface area contributed by atoms with E-state index in [9.17, 15) is 13.2 Å². The quantitative estimate of drug-likeness (QED) is 0.729. The lowest BCUT2D eigenvalue weighted by Gasteiger charge is -2.10. The molecule has 0 aliphatic carbocycles. The summed E-state index contributed by atoms with van der Waals surface area (Å²) in [7, 11) is -3.33. The van der Waals surface area contributed by atoms with E-state index in [4.69, 9.17) is 5.73 Å². The second-order valence-corrected chi connectivity index (χ2v) is 6.12. The fraction of sp³-hybridized carbons (Fsp3) is 0.417. The molecule has 0 bridgehead atoms. The smallest absolute Gasteiger partial charge is 0.229 e. The molecule has 0 spiro atoms. The summed E-state index contributed by atoms with van der Waals surface area (Å²) in [6, 6.07) is 6.33. The van der Waals surface area contributed by atoms with Crippen LogP contribution in [0.15, 0.2) is 24.3 Å². The van der Waals surface area contributed by atoms with Crippen LogP contribution in [0.3, 0.4) is 0 Å². The van der Waals surface area contributed by atoms with Crippen LogP contribution in [-0.2, 0) is 14.8 Å². The molecule has 1 unspecified atom stereocenters. The summed E-state index contributed by atoms with van der Waals surface area (Å²) in [6.45, 7) is 1.91. The van der Waals surface area contributed by atoms with Crippen LogP contribution in [-0.4, -0.2) is 26.6 Å². The Bertz CT molecular complexity index is 543. The third-order valence-electron chi connectivity index (χ3n) is 2.42. The van der Waals surface area contributed by atoms with Crippen LogP contribution in [0.5, 0.6) is 0 Å². The maximum atomic E-state index is 11.6. The Morgan fingerprint density at radius 2 is 2.00 bits per heavy atom. The summed E-state index contributed by atoms with van der Waals surface area (Å²) in [5, 5.41) is 2.68. The minimum Gasteiger partial charge on any atom is -0.327 e. The molecule has 0 fully saturated rings. The van der Waals surface area contributed by atoms with E-state index in [0.29, 0.717) is 11.4 Å². The van der Waals surface area contributed by atoms with Gasteiger partial charge in [0.25, 0.3) is 0 Å².